The molecule has 2 N–H and O–H groups in total. The minimum absolute atomic E-state index is 0.208. The molecule has 6 heteroatoms. The molecule has 2 rings (SSSR count). The summed E-state index contributed by atoms with van der Waals surface area (Å²) >= 11 is 0. The summed E-state index contributed by atoms with van der Waals surface area (Å²) < 4.78 is 13.5. The van der Waals surface area contributed by atoms with Crippen molar-refractivity contribution in [2.45, 2.75) is 25.9 Å². The van der Waals surface area contributed by atoms with Gasteiger partial charge in [-0.1, -0.05) is 6.07 Å². The Hall–Kier alpha value is -0.945. The molecule has 1 fully saturated rings. The normalized spacial score (nSPS) is 21.8. The minimum atomic E-state index is -1.63. The van der Waals surface area contributed by atoms with E-state index in [-0.39, 0.29) is 5.46 Å². The van der Waals surface area contributed by atoms with Crippen LogP contribution in [0.3, 0.4) is 0 Å². The molecule has 1 heterocycles. The molecule has 20 heavy (non-hydrogen) atoms. The standard InChI is InChI=1S/C14H22BFN2O2/c1-11-9-17(2)4-3-5-18(11)10-12-6-13(15(19)20)8-14(16)7-12/h6-8,11,19-20H,3-5,9-10H2,1-2H3. The van der Waals surface area contributed by atoms with Crippen LogP contribution in [-0.4, -0.2) is 59.7 Å². The molecular formula is C14H22BFN2O2. The van der Waals surface area contributed by atoms with E-state index in [2.05, 4.69) is 23.8 Å². The van der Waals surface area contributed by atoms with Crippen molar-refractivity contribution in [3.05, 3.63) is 29.6 Å². The molecule has 0 saturated carbocycles. The Morgan fingerprint density at radius 3 is 2.75 bits per heavy atom. The molecule has 0 bridgehead atoms. The Morgan fingerprint density at radius 1 is 1.30 bits per heavy atom. The van der Waals surface area contributed by atoms with Gasteiger partial charge in [-0.15, -0.1) is 0 Å². The van der Waals surface area contributed by atoms with Crippen LogP contribution in [0.25, 0.3) is 0 Å². The van der Waals surface area contributed by atoms with E-state index in [1.54, 1.807) is 6.07 Å². The molecule has 1 aromatic carbocycles. The fourth-order valence-electron chi connectivity index (χ4n) is 2.81. The van der Waals surface area contributed by atoms with Gasteiger partial charge in [0.1, 0.15) is 5.82 Å². The van der Waals surface area contributed by atoms with Crippen LogP contribution in [0.1, 0.15) is 18.9 Å². The van der Waals surface area contributed by atoms with Crippen LogP contribution in [0.15, 0.2) is 18.2 Å². The van der Waals surface area contributed by atoms with Crippen molar-refractivity contribution in [2.24, 2.45) is 0 Å². The van der Waals surface area contributed by atoms with Crippen molar-refractivity contribution in [1.82, 2.24) is 9.80 Å². The van der Waals surface area contributed by atoms with Gasteiger partial charge in [0.2, 0.25) is 0 Å². The van der Waals surface area contributed by atoms with E-state index in [9.17, 15) is 14.4 Å². The Labute approximate surface area is 120 Å². The molecule has 1 saturated heterocycles. The summed E-state index contributed by atoms with van der Waals surface area (Å²) in [5.41, 5.74) is 0.990. The molecule has 0 amide bonds. The fraction of sp³-hybridized carbons (Fsp3) is 0.571. The summed E-state index contributed by atoms with van der Waals surface area (Å²) in [4.78, 5) is 4.62. The summed E-state index contributed by atoms with van der Waals surface area (Å²) in [7, 11) is 0.486. The second-order valence-electron chi connectivity index (χ2n) is 5.70. The van der Waals surface area contributed by atoms with Crippen LogP contribution >= 0.6 is 0 Å². The summed E-state index contributed by atoms with van der Waals surface area (Å²) in [6.07, 6.45) is 1.09. The van der Waals surface area contributed by atoms with Crippen LogP contribution in [0.2, 0.25) is 0 Å². The average molecular weight is 280 g/mol. The largest absolute Gasteiger partial charge is 0.488 e. The lowest BCUT2D eigenvalue weighted by Gasteiger charge is -2.28. The van der Waals surface area contributed by atoms with E-state index in [1.807, 2.05) is 0 Å². The highest BCUT2D eigenvalue weighted by atomic mass is 19.1. The molecule has 1 aliphatic rings. The van der Waals surface area contributed by atoms with Gasteiger partial charge in [0.15, 0.2) is 0 Å². The lowest BCUT2D eigenvalue weighted by Crippen LogP contribution is -2.38. The van der Waals surface area contributed by atoms with Gasteiger partial charge in [0.25, 0.3) is 0 Å². The number of rotatable bonds is 3. The zero-order valence-electron chi connectivity index (χ0n) is 12.1. The van der Waals surface area contributed by atoms with Crippen LogP contribution in [0.5, 0.6) is 0 Å². The SMILES string of the molecule is CC1CN(C)CCCN1Cc1cc(F)cc(B(O)O)c1. The smallest absolute Gasteiger partial charge is 0.423 e. The molecule has 1 aliphatic heterocycles. The highest BCUT2D eigenvalue weighted by Crippen LogP contribution is 2.13. The second-order valence-corrected chi connectivity index (χ2v) is 5.70. The molecule has 0 spiro atoms. The van der Waals surface area contributed by atoms with Crippen LogP contribution in [-0.2, 0) is 6.54 Å². The van der Waals surface area contributed by atoms with Gasteiger partial charge in [-0.3, -0.25) is 4.90 Å². The third kappa shape index (κ3) is 4.02. The van der Waals surface area contributed by atoms with E-state index in [0.717, 1.165) is 37.7 Å². The molecule has 1 aromatic rings. The number of hydrogen-bond donors (Lipinski definition) is 2. The lowest BCUT2D eigenvalue weighted by atomic mass is 9.79. The highest BCUT2D eigenvalue weighted by molar-refractivity contribution is 6.58. The van der Waals surface area contributed by atoms with Crippen LogP contribution < -0.4 is 5.46 Å². The monoisotopic (exact) mass is 280 g/mol. The average Bonchev–Trinajstić information content (AvgIpc) is 2.50. The van der Waals surface area contributed by atoms with Crippen molar-refractivity contribution in [3.8, 4) is 0 Å². The lowest BCUT2D eigenvalue weighted by molar-refractivity contribution is 0.194. The Balaban J connectivity index is 2.12. The topological polar surface area (TPSA) is 46.9 Å². The van der Waals surface area contributed by atoms with Crippen molar-refractivity contribution in [2.75, 3.05) is 26.7 Å². The Morgan fingerprint density at radius 2 is 2.05 bits per heavy atom. The zero-order chi connectivity index (χ0) is 14.7. The van der Waals surface area contributed by atoms with Gasteiger partial charge >= 0.3 is 7.12 Å². The van der Waals surface area contributed by atoms with Gasteiger partial charge < -0.3 is 14.9 Å². The Kier molecular flexibility index (Phi) is 5.15. The van der Waals surface area contributed by atoms with Crippen LogP contribution in [0.4, 0.5) is 4.39 Å². The van der Waals surface area contributed by atoms with Crippen molar-refractivity contribution in [1.29, 1.82) is 0 Å². The van der Waals surface area contributed by atoms with Crippen LogP contribution in [0, 0.1) is 5.82 Å². The molecule has 1 unspecified atom stereocenters. The third-order valence-corrected chi connectivity index (χ3v) is 3.85. The van der Waals surface area contributed by atoms with Gasteiger partial charge in [0, 0.05) is 25.7 Å². The first kappa shape index (κ1) is 15.4. The summed E-state index contributed by atoms with van der Waals surface area (Å²) in [6.45, 7) is 5.84. The summed E-state index contributed by atoms with van der Waals surface area (Å²) in [6, 6.07) is 4.68. The maximum atomic E-state index is 13.5. The predicted octanol–water partition coefficient (Wildman–Crippen LogP) is 0.0315. The number of hydrogen-bond acceptors (Lipinski definition) is 4. The number of likely N-dealkylation sites (N-methyl/N-ethyl adjacent to an activating group) is 1. The highest BCUT2D eigenvalue weighted by Gasteiger charge is 2.20. The van der Waals surface area contributed by atoms with Gasteiger partial charge in [0.05, 0.1) is 0 Å². The minimum Gasteiger partial charge on any atom is -0.423 e. The van der Waals surface area contributed by atoms with Gasteiger partial charge in [-0.25, -0.2) is 4.39 Å². The molecular weight excluding hydrogens is 258 g/mol. The summed E-state index contributed by atoms with van der Waals surface area (Å²) in [5.74, 6) is -0.426. The fourth-order valence-corrected chi connectivity index (χ4v) is 2.81. The van der Waals surface area contributed by atoms with Crippen molar-refractivity contribution >= 4 is 12.6 Å². The summed E-state index contributed by atoms with van der Waals surface area (Å²) in [5, 5.41) is 18.4. The molecule has 1 atom stereocenters. The van der Waals surface area contributed by atoms with E-state index in [4.69, 9.17) is 0 Å². The van der Waals surface area contributed by atoms with E-state index >= 15 is 0 Å². The Bertz CT molecular complexity index is 459. The van der Waals surface area contributed by atoms with Crippen molar-refractivity contribution in [3.63, 3.8) is 0 Å². The number of nitrogens with zero attached hydrogens (tertiary/aromatic N) is 2. The second kappa shape index (κ2) is 6.67. The first-order chi connectivity index (χ1) is 9.45. The van der Waals surface area contributed by atoms with E-state index in [0.29, 0.717) is 12.6 Å². The maximum Gasteiger partial charge on any atom is 0.488 e. The van der Waals surface area contributed by atoms with E-state index < -0.39 is 12.9 Å². The quantitative estimate of drug-likeness (QED) is 0.767. The molecule has 4 nitrogen and oxygen atoms in total. The molecule has 0 aliphatic carbocycles. The molecule has 0 aromatic heterocycles. The van der Waals surface area contributed by atoms with E-state index in [1.165, 1.54) is 6.07 Å². The number of benzene rings is 1. The van der Waals surface area contributed by atoms with Crippen molar-refractivity contribution < 1.29 is 14.4 Å². The molecule has 0 radical (unpaired) electrons. The molecule has 110 valence electrons. The predicted molar refractivity (Wildman–Crippen MR) is 78.2 cm³/mol. The van der Waals surface area contributed by atoms with Gasteiger partial charge in [-0.05, 0) is 50.1 Å². The first-order valence-electron chi connectivity index (χ1n) is 7.04. The third-order valence-electron chi connectivity index (χ3n) is 3.85. The number of halogens is 1. The van der Waals surface area contributed by atoms with Gasteiger partial charge in [-0.2, -0.15) is 0 Å². The first-order valence-corrected chi connectivity index (χ1v) is 7.04. The maximum absolute atomic E-state index is 13.5. The zero-order valence-corrected chi connectivity index (χ0v) is 12.1.